The molecule has 6 rings (SSSR count). The van der Waals surface area contributed by atoms with Crippen molar-refractivity contribution in [2.24, 2.45) is 0 Å². The van der Waals surface area contributed by atoms with Gasteiger partial charge in [0.2, 0.25) is 0 Å². The summed E-state index contributed by atoms with van der Waals surface area (Å²) in [5, 5.41) is 12.4. The van der Waals surface area contributed by atoms with Crippen LogP contribution in [0.15, 0.2) is 66.2 Å². The number of benzene rings is 3. The predicted molar refractivity (Wildman–Crippen MR) is 145 cm³/mol. The molecule has 2 atom stereocenters. The van der Waals surface area contributed by atoms with Crippen molar-refractivity contribution in [3.8, 4) is 5.75 Å². The third-order valence-corrected chi connectivity index (χ3v) is 8.12. The summed E-state index contributed by atoms with van der Waals surface area (Å²) in [6.07, 6.45) is 1.61. The summed E-state index contributed by atoms with van der Waals surface area (Å²) in [5.74, 6) is -0.917. The van der Waals surface area contributed by atoms with E-state index in [1.165, 1.54) is 16.2 Å². The van der Waals surface area contributed by atoms with Crippen LogP contribution in [0.3, 0.4) is 0 Å². The fourth-order valence-electron chi connectivity index (χ4n) is 5.00. The van der Waals surface area contributed by atoms with E-state index in [1.54, 1.807) is 30.3 Å². The number of rotatable bonds is 4. The molecule has 3 aromatic carbocycles. The van der Waals surface area contributed by atoms with Crippen LogP contribution < -0.4 is 9.64 Å². The van der Waals surface area contributed by atoms with Gasteiger partial charge in [0.1, 0.15) is 17.6 Å². The molecule has 6 nitrogen and oxygen atoms in total. The fourth-order valence-corrected chi connectivity index (χ4v) is 6.26. The SMILES string of the molecule is CCc1ccc([C@H]2C(=C(O)c3ccc4c(c3)C[C@H](C)O4)C(=O)C(=O)N2c2nc3ccc(Cl)cc3s2)cc1. The molecule has 186 valence electrons. The number of anilines is 1. The molecule has 1 N–H and O–H groups in total. The quantitative estimate of drug-likeness (QED) is 0.186. The zero-order valence-electron chi connectivity index (χ0n) is 20.2. The lowest BCUT2D eigenvalue weighted by molar-refractivity contribution is -0.132. The van der Waals surface area contributed by atoms with E-state index in [-0.39, 0.29) is 17.4 Å². The maximum atomic E-state index is 13.5. The summed E-state index contributed by atoms with van der Waals surface area (Å²) in [4.78, 5) is 33.0. The number of carbonyl (C=O) groups is 2. The molecule has 2 aliphatic rings. The van der Waals surface area contributed by atoms with Crippen LogP contribution in [0, 0.1) is 0 Å². The number of nitrogens with zero attached hydrogens (tertiary/aromatic N) is 2. The number of aryl methyl sites for hydroxylation is 1. The first-order valence-corrected chi connectivity index (χ1v) is 13.3. The number of aromatic nitrogens is 1. The Bertz CT molecular complexity index is 1610. The first-order chi connectivity index (χ1) is 17.8. The Morgan fingerprint density at radius 2 is 1.92 bits per heavy atom. The van der Waals surface area contributed by atoms with Crippen LogP contribution in [0.25, 0.3) is 16.0 Å². The average molecular weight is 531 g/mol. The Labute approximate surface area is 222 Å². The lowest BCUT2D eigenvalue weighted by Crippen LogP contribution is -2.29. The van der Waals surface area contributed by atoms with E-state index >= 15 is 0 Å². The van der Waals surface area contributed by atoms with Gasteiger partial charge in [0.05, 0.1) is 21.8 Å². The molecule has 2 aliphatic heterocycles. The summed E-state index contributed by atoms with van der Waals surface area (Å²) in [6.45, 7) is 4.04. The van der Waals surface area contributed by atoms with Gasteiger partial charge < -0.3 is 9.84 Å². The Morgan fingerprint density at radius 3 is 2.68 bits per heavy atom. The van der Waals surface area contributed by atoms with Crippen LogP contribution >= 0.6 is 22.9 Å². The van der Waals surface area contributed by atoms with Gasteiger partial charge >= 0.3 is 5.91 Å². The predicted octanol–water partition coefficient (Wildman–Crippen LogP) is 6.46. The molecule has 1 amide bonds. The number of Topliss-reactive ketones (excluding diaryl/α,β-unsaturated/α-hetero) is 1. The molecular formula is C29H23ClN2O4S. The first-order valence-electron chi connectivity index (χ1n) is 12.1. The summed E-state index contributed by atoms with van der Waals surface area (Å²) < 4.78 is 6.59. The zero-order valence-corrected chi connectivity index (χ0v) is 21.8. The molecule has 0 radical (unpaired) electrons. The van der Waals surface area contributed by atoms with Crippen LogP contribution in [0.2, 0.25) is 5.02 Å². The fraction of sp³-hybridized carbons (Fsp3) is 0.207. The minimum atomic E-state index is -0.828. The van der Waals surface area contributed by atoms with E-state index in [4.69, 9.17) is 16.3 Å². The van der Waals surface area contributed by atoms with Crippen molar-refractivity contribution in [1.82, 2.24) is 4.98 Å². The molecule has 1 aromatic heterocycles. The topological polar surface area (TPSA) is 79.7 Å². The maximum Gasteiger partial charge on any atom is 0.301 e. The number of halogens is 1. The highest BCUT2D eigenvalue weighted by molar-refractivity contribution is 7.22. The molecule has 0 saturated carbocycles. The van der Waals surface area contributed by atoms with Crippen molar-refractivity contribution in [3.63, 3.8) is 0 Å². The summed E-state index contributed by atoms with van der Waals surface area (Å²) in [5.41, 5.74) is 3.99. The Morgan fingerprint density at radius 1 is 1.14 bits per heavy atom. The molecule has 0 spiro atoms. The molecule has 0 unspecified atom stereocenters. The summed E-state index contributed by atoms with van der Waals surface area (Å²) >= 11 is 7.45. The molecule has 1 fully saturated rings. The molecule has 0 bridgehead atoms. The van der Waals surface area contributed by atoms with E-state index in [2.05, 4.69) is 11.9 Å². The van der Waals surface area contributed by atoms with Crippen molar-refractivity contribution in [2.45, 2.75) is 38.8 Å². The number of fused-ring (bicyclic) bond motifs is 2. The number of amides is 1. The maximum absolute atomic E-state index is 13.5. The van der Waals surface area contributed by atoms with E-state index < -0.39 is 17.7 Å². The molecule has 3 heterocycles. The third kappa shape index (κ3) is 3.99. The van der Waals surface area contributed by atoms with Crippen molar-refractivity contribution < 1.29 is 19.4 Å². The molecular weight excluding hydrogens is 508 g/mol. The van der Waals surface area contributed by atoms with E-state index in [0.717, 1.165) is 28.0 Å². The van der Waals surface area contributed by atoms with Gasteiger partial charge in [-0.3, -0.25) is 14.5 Å². The van der Waals surface area contributed by atoms with Crippen LogP contribution in [0.5, 0.6) is 5.75 Å². The lowest BCUT2D eigenvalue weighted by atomic mass is 9.94. The van der Waals surface area contributed by atoms with Gasteiger partial charge in [0.15, 0.2) is 5.13 Å². The zero-order chi connectivity index (χ0) is 25.8. The highest BCUT2D eigenvalue weighted by Crippen LogP contribution is 2.45. The molecule has 0 aliphatic carbocycles. The lowest BCUT2D eigenvalue weighted by Gasteiger charge is -2.23. The summed E-state index contributed by atoms with van der Waals surface area (Å²) in [6, 6.07) is 17.6. The number of carbonyl (C=O) groups excluding carboxylic acids is 2. The highest BCUT2D eigenvalue weighted by Gasteiger charge is 2.48. The van der Waals surface area contributed by atoms with E-state index in [1.807, 2.05) is 37.3 Å². The Balaban J connectivity index is 1.53. The third-order valence-electron chi connectivity index (χ3n) is 6.86. The van der Waals surface area contributed by atoms with Gasteiger partial charge in [0, 0.05) is 17.0 Å². The van der Waals surface area contributed by atoms with Gasteiger partial charge in [-0.15, -0.1) is 0 Å². The highest BCUT2D eigenvalue weighted by atomic mass is 35.5. The van der Waals surface area contributed by atoms with Crippen LogP contribution in [0.4, 0.5) is 5.13 Å². The van der Waals surface area contributed by atoms with Crippen molar-refractivity contribution in [1.29, 1.82) is 0 Å². The van der Waals surface area contributed by atoms with E-state index in [9.17, 15) is 14.7 Å². The van der Waals surface area contributed by atoms with Gasteiger partial charge in [-0.1, -0.05) is 54.1 Å². The standard InChI is InChI=1S/C29H23ClN2O4S/c1-3-16-4-6-17(7-5-16)25-24(26(33)18-8-11-22-19(13-18)12-15(2)36-22)27(34)28(35)32(25)29-31-21-10-9-20(30)14-23(21)37-29/h4-11,13-15,25,33H,3,12H2,1-2H3/t15-,25-/m0/s1. The van der Waals surface area contributed by atoms with Crippen LogP contribution in [-0.2, 0) is 22.4 Å². The van der Waals surface area contributed by atoms with Crippen LogP contribution in [-0.4, -0.2) is 27.9 Å². The van der Waals surface area contributed by atoms with Gasteiger partial charge in [0.25, 0.3) is 5.78 Å². The second kappa shape index (κ2) is 9.01. The van der Waals surface area contributed by atoms with Crippen molar-refractivity contribution in [2.75, 3.05) is 4.90 Å². The Kier molecular flexibility index (Phi) is 5.77. The normalized spacial score (nSPS) is 20.5. The van der Waals surface area contributed by atoms with Gasteiger partial charge in [-0.2, -0.15) is 0 Å². The minimum Gasteiger partial charge on any atom is -0.507 e. The van der Waals surface area contributed by atoms with Gasteiger partial charge in [-0.25, -0.2) is 4.98 Å². The minimum absolute atomic E-state index is 0.0402. The Hall–Kier alpha value is -3.68. The molecule has 8 heteroatoms. The molecule has 1 saturated heterocycles. The van der Waals surface area contributed by atoms with E-state index in [0.29, 0.717) is 33.2 Å². The second-order valence-corrected chi connectivity index (χ2v) is 10.8. The second-order valence-electron chi connectivity index (χ2n) is 9.33. The van der Waals surface area contributed by atoms with Crippen molar-refractivity contribution in [3.05, 3.63) is 93.5 Å². The summed E-state index contributed by atoms with van der Waals surface area (Å²) in [7, 11) is 0. The first kappa shape index (κ1) is 23.7. The number of thiazole rings is 1. The van der Waals surface area contributed by atoms with Gasteiger partial charge in [-0.05, 0) is 66.4 Å². The number of aliphatic hydroxyl groups is 1. The van der Waals surface area contributed by atoms with Crippen LogP contribution in [0.1, 0.15) is 42.1 Å². The monoisotopic (exact) mass is 530 g/mol. The smallest absolute Gasteiger partial charge is 0.301 e. The molecule has 37 heavy (non-hydrogen) atoms. The number of ketones is 1. The number of hydrogen-bond donors (Lipinski definition) is 1. The van der Waals surface area contributed by atoms with Crippen molar-refractivity contribution >= 4 is 55.7 Å². The number of hydrogen-bond acceptors (Lipinski definition) is 6. The number of ether oxygens (including phenoxy) is 1. The molecule has 4 aromatic rings. The average Bonchev–Trinajstić information content (AvgIpc) is 3.55. The largest absolute Gasteiger partial charge is 0.507 e. The number of aliphatic hydroxyl groups excluding tert-OH is 1.